The third-order valence-electron chi connectivity index (χ3n) is 0. The number of hydrogen-bond donors (Lipinski definition) is 0. The quantitative estimate of drug-likeness (QED) is 0.443. The van der Waals surface area contributed by atoms with Gasteiger partial charge < -0.3 is 21.9 Å². The maximum atomic E-state index is 0. The van der Waals surface area contributed by atoms with E-state index >= 15 is 0 Å². The Morgan fingerprint density at radius 1 is 0.571 bits per heavy atom. The Morgan fingerprint density at radius 2 is 0.571 bits per heavy atom. The van der Waals surface area contributed by atoms with Gasteiger partial charge in [0.15, 0.2) is 0 Å². The van der Waals surface area contributed by atoms with Crippen LogP contribution in [0.25, 0.3) is 0 Å². The van der Waals surface area contributed by atoms with E-state index in [-0.39, 0.29) is 83.7 Å². The molecule has 0 aliphatic rings. The first-order valence-electron chi connectivity index (χ1n) is 0. The fourth-order valence-corrected chi connectivity index (χ4v) is 0. The van der Waals surface area contributed by atoms with E-state index < -0.39 is 0 Å². The van der Waals surface area contributed by atoms with Gasteiger partial charge in [0.05, 0.1) is 0 Å². The van der Waals surface area contributed by atoms with Crippen LogP contribution in [0.2, 0.25) is 0 Å². The first-order chi connectivity index (χ1) is 0. The molecule has 0 fully saturated rings. The van der Waals surface area contributed by atoms with Crippen molar-refractivity contribution in [2.75, 3.05) is 0 Å². The van der Waals surface area contributed by atoms with Crippen molar-refractivity contribution < 1.29 is 60.7 Å². The van der Waals surface area contributed by atoms with Crippen LogP contribution in [0.3, 0.4) is 0 Å². The fourth-order valence-electron chi connectivity index (χ4n) is 0. The minimum Gasteiger partial charge on any atom is -2.00 e. The molecule has 0 aromatic rings. The van der Waals surface area contributed by atoms with Gasteiger partial charge in [-0.1, -0.05) is 0 Å². The maximum Gasteiger partial charge on any atom is 4.00 e. The van der Waals surface area contributed by atoms with Crippen LogP contribution in [0.15, 0.2) is 0 Å². The van der Waals surface area contributed by atoms with E-state index in [1.165, 1.54) is 0 Å². The molecule has 0 bridgehead atoms. The standard InChI is InChI=1S/Mg.Mn.4O.Ti/q2*+2;4*-2;+4. The van der Waals surface area contributed by atoms with Crippen molar-refractivity contribution in [1.82, 2.24) is 0 Å². The summed E-state index contributed by atoms with van der Waals surface area (Å²) in [6.07, 6.45) is 0. The van der Waals surface area contributed by atoms with Crippen LogP contribution >= 0.6 is 0 Å². The molecule has 7 heavy (non-hydrogen) atoms. The Morgan fingerprint density at radius 3 is 0.571 bits per heavy atom. The molecule has 0 rings (SSSR count). The minimum absolute atomic E-state index is 0. The van der Waals surface area contributed by atoms with E-state index in [0.29, 0.717) is 0 Å². The van der Waals surface area contributed by atoms with E-state index in [0.717, 1.165) is 0 Å². The molecule has 4 nitrogen and oxygen atoms in total. The molecule has 0 unspecified atom stereocenters. The van der Waals surface area contributed by atoms with Crippen LogP contribution in [0, 0.1) is 0 Å². The first kappa shape index (κ1) is 160. The predicted octanol–water partition coefficient (Wildman–Crippen LogP) is -0.861. The van der Waals surface area contributed by atoms with Crippen molar-refractivity contribution in [2.45, 2.75) is 0 Å². The molecular weight excluding hydrogens is 191 g/mol. The summed E-state index contributed by atoms with van der Waals surface area (Å²) in [6, 6.07) is 0. The van der Waals surface area contributed by atoms with Gasteiger partial charge in [0.25, 0.3) is 0 Å². The Labute approximate surface area is 83.2 Å². The third-order valence-corrected chi connectivity index (χ3v) is 0. The van der Waals surface area contributed by atoms with Crippen molar-refractivity contribution in [2.24, 2.45) is 0 Å². The molecule has 37 valence electrons. The molecular formula is MgMnO4Ti. The van der Waals surface area contributed by atoms with Crippen molar-refractivity contribution in [3.05, 3.63) is 0 Å². The van der Waals surface area contributed by atoms with E-state index in [1.807, 2.05) is 0 Å². The summed E-state index contributed by atoms with van der Waals surface area (Å²) in [4.78, 5) is 0. The zero-order valence-corrected chi connectivity index (χ0v) is 7.37. The molecule has 0 saturated carbocycles. The van der Waals surface area contributed by atoms with Gasteiger partial charge in [-0.05, 0) is 0 Å². The average Bonchev–Trinajstić information content (AvgIpc) is 0. The summed E-state index contributed by atoms with van der Waals surface area (Å²) in [6.45, 7) is 0. The summed E-state index contributed by atoms with van der Waals surface area (Å²) in [5, 5.41) is 0. The summed E-state index contributed by atoms with van der Waals surface area (Å²) < 4.78 is 0. The SMILES string of the molecule is [Mg+2].[Mn+2].[O-2].[O-2].[O-2].[O-2].[Ti+4]. The summed E-state index contributed by atoms with van der Waals surface area (Å²) >= 11 is 0. The molecule has 0 aliphatic carbocycles. The van der Waals surface area contributed by atoms with E-state index in [2.05, 4.69) is 0 Å². The second-order valence-electron chi connectivity index (χ2n) is 0. The van der Waals surface area contributed by atoms with Gasteiger partial charge in [0.1, 0.15) is 0 Å². The summed E-state index contributed by atoms with van der Waals surface area (Å²) in [5.74, 6) is 0. The van der Waals surface area contributed by atoms with Gasteiger partial charge in [-0.2, -0.15) is 0 Å². The summed E-state index contributed by atoms with van der Waals surface area (Å²) in [5.41, 5.74) is 0. The molecule has 1 radical (unpaired) electrons. The minimum atomic E-state index is 0. The normalized spacial score (nSPS) is 0. The number of hydrogen-bond acceptors (Lipinski definition) is 0. The van der Waals surface area contributed by atoms with Gasteiger partial charge in [-0.25, -0.2) is 0 Å². The molecule has 0 heterocycles. The van der Waals surface area contributed by atoms with Gasteiger partial charge in [0, 0.05) is 0 Å². The summed E-state index contributed by atoms with van der Waals surface area (Å²) in [7, 11) is 0. The molecule has 0 aliphatic heterocycles. The van der Waals surface area contributed by atoms with Gasteiger partial charge in [-0.15, -0.1) is 0 Å². The second-order valence-corrected chi connectivity index (χ2v) is 0. The average molecular weight is 191 g/mol. The van der Waals surface area contributed by atoms with Crippen LogP contribution in [-0.2, 0) is 60.7 Å². The van der Waals surface area contributed by atoms with Crippen LogP contribution in [0.4, 0.5) is 0 Å². The smallest absolute Gasteiger partial charge is 2.00 e. The molecule has 0 aromatic heterocycles. The number of rotatable bonds is 0. The van der Waals surface area contributed by atoms with Crippen LogP contribution in [-0.4, -0.2) is 23.1 Å². The van der Waals surface area contributed by atoms with Crippen molar-refractivity contribution in [3.63, 3.8) is 0 Å². The van der Waals surface area contributed by atoms with Crippen LogP contribution in [0.1, 0.15) is 0 Å². The van der Waals surface area contributed by atoms with Crippen molar-refractivity contribution in [3.8, 4) is 0 Å². The molecule has 7 heteroatoms. The zero-order chi connectivity index (χ0) is 0. The van der Waals surface area contributed by atoms with E-state index in [9.17, 15) is 0 Å². The zero-order valence-electron chi connectivity index (χ0n) is 3.22. The Balaban J connectivity index is 0. The molecule has 0 aromatic carbocycles. The molecule has 0 saturated heterocycles. The maximum absolute atomic E-state index is 0. The second kappa shape index (κ2) is 108. The van der Waals surface area contributed by atoms with Gasteiger partial charge in [-0.3, -0.25) is 0 Å². The third kappa shape index (κ3) is 79.0. The largest absolute Gasteiger partial charge is 4.00 e. The molecule has 0 atom stereocenters. The Kier molecular flexibility index (Phi) is 2480. The van der Waals surface area contributed by atoms with Crippen molar-refractivity contribution >= 4 is 23.1 Å². The topological polar surface area (TPSA) is 114 Å². The fraction of sp³-hybridized carbons (Fsp3) is 0. The van der Waals surface area contributed by atoms with E-state index in [4.69, 9.17) is 0 Å². The van der Waals surface area contributed by atoms with Gasteiger partial charge in [0.2, 0.25) is 0 Å². The molecule has 0 amide bonds. The molecule has 0 N–H and O–H groups in total. The Bertz CT molecular complexity index is 11.7. The molecule has 0 spiro atoms. The van der Waals surface area contributed by atoms with Crippen LogP contribution < -0.4 is 0 Å². The van der Waals surface area contributed by atoms with Gasteiger partial charge >= 0.3 is 61.8 Å². The van der Waals surface area contributed by atoms with Crippen LogP contribution in [0.5, 0.6) is 0 Å². The Hall–Kier alpha value is 1.84. The first-order valence-corrected chi connectivity index (χ1v) is 0. The van der Waals surface area contributed by atoms with E-state index in [1.54, 1.807) is 0 Å². The monoisotopic (exact) mass is 191 g/mol. The van der Waals surface area contributed by atoms with Crippen molar-refractivity contribution in [1.29, 1.82) is 0 Å². The predicted molar refractivity (Wildman–Crippen MR) is 8.50 cm³/mol.